The van der Waals surface area contributed by atoms with Crippen LogP contribution in [-0.2, 0) is 0 Å². The van der Waals surface area contributed by atoms with E-state index in [1.165, 1.54) is 32.1 Å². The highest BCUT2D eigenvalue weighted by Crippen LogP contribution is 2.57. The maximum Gasteiger partial charge on any atom is 0.0621 e. The molecule has 4 fully saturated rings. The molecule has 0 atom stereocenters. The summed E-state index contributed by atoms with van der Waals surface area (Å²) >= 11 is 0. The summed E-state index contributed by atoms with van der Waals surface area (Å²) in [6, 6.07) is 2.23. The van der Waals surface area contributed by atoms with E-state index in [-0.39, 0.29) is 0 Å². The van der Waals surface area contributed by atoms with E-state index in [0.29, 0.717) is 6.42 Å². The van der Waals surface area contributed by atoms with Gasteiger partial charge in [-0.1, -0.05) is 0 Å². The Morgan fingerprint density at radius 3 is 2.00 bits per heavy atom. The lowest BCUT2D eigenvalue weighted by atomic mass is 9.51. The Labute approximate surface area is 92.9 Å². The van der Waals surface area contributed by atoms with Gasteiger partial charge >= 0.3 is 0 Å². The van der Waals surface area contributed by atoms with E-state index >= 15 is 0 Å². The van der Waals surface area contributed by atoms with Crippen molar-refractivity contribution in [1.82, 2.24) is 0 Å². The minimum Gasteiger partial charge on any atom is -0.198 e. The smallest absolute Gasteiger partial charge is 0.0621 e. The molecule has 0 aromatic heterocycles. The van der Waals surface area contributed by atoms with Crippen molar-refractivity contribution in [3.8, 4) is 6.07 Å². The Kier molecular flexibility index (Phi) is 2.47. The van der Waals surface area contributed by atoms with Crippen molar-refractivity contribution in [3.05, 3.63) is 6.42 Å². The monoisotopic (exact) mass is 201 g/mol. The molecule has 0 amide bonds. The first kappa shape index (κ1) is 9.70. The molecule has 4 aliphatic rings. The third-order valence-electron chi connectivity index (χ3n) is 4.84. The minimum atomic E-state index is 0.669. The molecule has 4 rings (SSSR count). The van der Waals surface area contributed by atoms with Crippen LogP contribution < -0.4 is 0 Å². The van der Waals surface area contributed by atoms with Gasteiger partial charge in [-0.15, -0.1) is 0 Å². The fourth-order valence-electron chi connectivity index (χ4n) is 4.55. The van der Waals surface area contributed by atoms with E-state index in [0.717, 1.165) is 36.0 Å². The van der Waals surface area contributed by atoms with Crippen LogP contribution in [0.4, 0.5) is 0 Å². The second-order valence-corrected chi connectivity index (χ2v) is 5.82. The topological polar surface area (TPSA) is 23.8 Å². The van der Waals surface area contributed by atoms with Gasteiger partial charge in [0.05, 0.1) is 6.07 Å². The van der Waals surface area contributed by atoms with E-state index < -0.39 is 0 Å². The Bertz CT molecular complexity index is 248. The highest BCUT2D eigenvalue weighted by molar-refractivity contribution is 5.02. The molecule has 0 N–H and O–H groups in total. The van der Waals surface area contributed by atoms with Gasteiger partial charge < -0.3 is 0 Å². The largest absolute Gasteiger partial charge is 0.198 e. The maximum atomic E-state index is 8.56. The second-order valence-electron chi connectivity index (χ2n) is 5.82. The maximum absolute atomic E-state index is 8.56. The molecule has 0 aromatic rings. The van der Waals surface area contributed by atoms with Crippen LogP contribution in [0.3, 0.4) is 0 Å². The SMILES string of the molecule is N#CCC[C]C1C2CC3CC(C2)CC1C3. The van der Waals surface area contributed by atoms with Gasteiger partial charge in [0.1, 0.15) is 0 Å². The first-order valence-electron chi connectivity index (χ1n) is 6.47. The Hall–Kier alpha value is -0.510. The average Bonchev–Trinajstić information content (AvgIpc) is 2.21. The molecule has 0 unspecified atom stereocenters. The first-order chi connectivity index (χ1) is 7.36. The lowest BCUT2D eigenvalue weighted by Crippen LogP contribution is -2.45. The summed E-state index contributed by atoms with van der Waals surface area (Å²) < 4.78 is 0. The third kappa shape index (κ3) is 1.69. The van der Waals surface area contributed by atoms with Gasteiger partial charge in [-0.2, -0.15) is 5.26 Å². The third-order valence-corrected chi connectivity index (χ3v) is 4.84. The minimum absolute atomic E-state index is 0.669. The Morgan fingerprint density at radius 2 is 1.47 bits per heavy atom. The van der Waals surface area contributed by atoms with Crippen molar-refractivity contribution >= 4 is 0 Å². The Morgan fingerprint density at radius 1 is 0.867 bits per heavy atom. The van der Waals surface area contributed by atoms with Crippen molar-refractivity contribution in [2.75, 3.05) is 0 Å². The van der Waals surface area contributed by atoms with Gasteiger partial charge in [-0.3, -0.25) is 0 Å². The molecule has 0 heterocycles. The van der Waals surface area contributed by atoms with Crippen LogP contribution in [0.2, 0.25) is 0 Å². The fraction of sp³-hybridized carbons (Fsp3) is 0.857. The number of rotatable bonds is 3. The highest BCUT2D eigenvalue weighted by atomic mass is 14.5. The normalized spacial score (nSPS) is 46.7. The van der Waals surface area contributed by atoms with Crippen molar-refractivity contribution in [1.29, 1.82) is 5.26 Å². The number of unbranched alkanes of at least 4 members (excludes halogenated alkanes) is 1. The van der Waals surface area contributed by atoms with E-state index in [4.69, 9.17) is 5.26 Å². The van der Waals surface area contributed by atoms with Crippen LogP contribution in [-0.4, -0.2) is 0 Å². The van der Waals surface area contributed by atoms with E-state index in [1.807, 2.05) is 0 Å². The number of hydrogen-bond acceptors (Lipinski definition) is 1. The van der Waals surface area contributed by atoms with Crippen molar-refractivity contribution < 1.29 is 0 Å². The van der Waals surface area contributed by atoms with Crippen molar-refractivity contribution in [2.24, 2.45) is 29.6 Å². The molecule has 4 saturated carbocycles. The summed E-state index contributed by atoms with van der Waals surface area (Å²) in [5, 5.41) is 8.56. The molecule has 1 nitrogen and oxygen atoms in total. The van der Waals surface area contributed by atoms with Gasteiger partial charge in [0.15, 0.2) is 0 Å². The number of hydrogen-bond donors (Lipinski definition) is 0. The summed E-state index contributed by atoms with van der Waals surface area (Å²) in [4.78, 5) is 0. The Balaban J connectivity index is 1.63. The van der Waals surface area contributed by atoms with Gasteiger partial charge in [-0.25, -0.2) is 0 Å². The van der Waals surface area contributed by atoms with Gasteiger partial charge in [0.25, 0.3) is 0 Å². The van der Waals surface area contributed by atoms with Crippen LogP contribution >= 0.6 is 0 Å². The number of nitrogens with zero attached hydrogens (tertiary/aromatic N) is 1. The average molecular weight is 201 g/mol. The van der Waals surface area contributed by atoms with Crippen molar-refractivity contribution in [2.45, 2.75) is 44.9 Å². The summed E-state index contributed by atoms with van der Waals surface area (Å²) in [7, 11) is 0. The zero-order valence-corrected chi connectivity index (χ0v) is 9.28. The van der Waals surface area contributed by atoms with Crippen LogP contribution in [0, 0.1) is 47.3 Å². The molecule has 0 saturated heterocycles. The summed E-state index contributed by atoms with van der Waals surface area (Å²) in [6.45, 7) is 0. The molecule has 2 radical (unpaired) electrons. The molecule has 15 heavy (non-hydrogen) atoms. The zero-order valence-electron chi connectivity index (χ0n) is 9.28. The predicted octanol–water partition coefficient (Wildman–Crippen LogP) is 3.44. The lowest BCUT2D eigenvalue weighted by Gasteiger charge is -2.54. The van der Waals surface area contributed by atoms with Crippen LogP contribution in [0.5, 0.6) is 0 Å². The van der Waals surface area contributed by atoms with Gasteiger partial charge in [0, 0.05) is 6.42 Å². The molecule has 4 aliphatic carbocycles. The van der Waals surface area contributed by atoms with Crippen LogP contribution in [0.25, 0.3) is 0 Å². The van der Waals surface area contributed by atoms with Gasteiger partial charge in [0.2, 0.25) is 0 Å². The molecule has 0 aromatic carbocycles. The van der Waals surface area contributed by atoms with Gasteiger partial charge in [-0.05, 0) is 74.5 Å². The predicted molar refractivity (Wildman–Crippen MR) is 58.6 cm³/mol. The molecular weight excluding hydrogens is 182 g/mol. The fourth-order valence-corrected chi connectivity index (χ4v) is 4.55. The first-order valence-corrected chi connectivity index (χ1v) is 6.47. The molecule has 80 valence electrons. The highest BCUT2D eigenvalue weighted by Gasteiger charge is 2.47. The standard InChI is InChI=1S/C14H19N/c15-4-2-1-3-14-12-6-10-5-11(8-12)9-13(14)7-10/h10-14H,1-2,5-9H2. The molecule has 0 aliphatic heterocycles. The van der Waals surface area contributed by atoms with E-state index in [9.17, 15) is 0 Å². The van der Waals surface area contributed by atoms with Crippen molar-refractivity contribution in [3.63, 3.8) is 0 Å². The summed E-state index contributed by atoms with van der Waals surface area (Å²) in [5.74, 6) is 4.76. The number of nitriles is 1. The molecule has 4 bridgehead atoms. The second kappa shape index (κ2) is 3.81. The summed E-state index contributed by atoms with van der Waals surface area (Å²) in [5.41, 5.74) is 0. The van der Waals surface area contributed by atoms with Crippen LogP contribution in [0.15, 0.2) is 0 Å². The molecule has 1 heteroatoms. The van der Waals surface area contributed by atoms with Crippen LogP contribution in [0.1, 0.15) is 44.9 Å². The summed E-state index contributed by atoms with van der Waals surface area (Å²) in [6.07, 6.45) is 12.6. The van der Waals surface area contributed by atoms with E-state index in [2.05, 4.69) is 12.5 Å². The van der Waals surface area contributed by atoms with E-state index in [1.54, 1.807) is 0 Å². The zero-order chi connectivity index (χ0) is 10.3. The lowest BCUT2D eigenvalue weighted by molar-refractivity contribution is -0.0236. The quantitative estimate of drug-likeness (QED) is 0.642. The molecular formula is C14H19N. The molecule has 0 spiro atoms.